The number of anilines is 1. The minimum absolute atomic E-state index is 0.0183. The Hall–Kier alpha value is -3.78. The summed E-state index contributed by atoms with van der Waals surface area (Å²) in [6.07, 6.45) is 4.03. The zero-order valence-electron chi connectivity index (χ0n) is 22.6. The molecule has 2 aromatic carbocycles. The van der Waals surface area contributed by atoms with Crippen LogP contribution < -0.4 is 4.90 Å². The van der Waals surface area contributed by atoms with Crippen molar-refractivity contribution in [2.75, 3.05) is 37.7 Å². The number of hydrogen-bond acceptors (Lipinski definition) is 5. The van der Waals surface area contributed by atoms with Crippen molar-refractivity contribution in [3.8, 4) is 11.3 Å². The number of fused-ring (bicyclic) bond motifs is 2. The summed E-state index contributed by atoms with van der Waals surface area (Å²) < 4.78 is 22.8. The van der Waals surface area contributed by atoms with Gasteiger partial charge in [-0.05, 0) is 68.0 Å². The normalized spacial score (nSPS) is 21.6. The van der Waals surface area contributed by atoms with Crippen molar-refractivity contribution >= 4 is 17.2 Å². The summed E-state index contributed by atoms with van der Waals surface area (Å²) in [6, 6.07) is 17.5. The summed E-state index contributed by atoms with van der Waals surface area (Å²) in [4.78, 5) is 22.7. The van der Waals surface area contributed by atoms with Crippen LogP contribution in [0.4, 0.5) is 10.1 Å². The molecule has 1 atom stereocenters. The van der Waals surface area contributed by atoms with E-state index in [1.54, 1.807) is 6.07 Å². The SMILES string of the molecule is C[C@@H]1c2ccccc2CCN1C(=O)c1cc(C2CC2)n2nc(-c3ccc(N4CCC5(COC5)C4)cc3F)cc2n1. The van der Waals surface area contributed by atoms with E-state index in [0.29, 0.717) is 35.1 Å². The maximum Gasteiger partial charge on any atom is 0.273 e. The second-order valence-electron chi connectivity index (χ2n) is 12.1. The molecule has 0 unspecified atom stereocenters. The van der Waals surface area contributed by atoms with Crippen LogP contribution in [0.2, 0.25) is 0 Å². The third-order valence-electron chi connectivity index (χ3n) is 9.37. The number of hydrogen-bond donors (Lipinski definition) is 0. The van der Waals surface area contributed by atoms with Crippen LogP contribution in [-0.4, -0.2) is 58.3 Å². The molecule has 4 aromatic rings. The van der Waals surface area contributed by atoms with Gasteiger partial charge >= 0.3 is 0 Å². The number of nitrogens with zero attached hydrogens (tertiary/aromatic N) is 5. The molecule has 1 spiro atoms. The molecule has 1 saturated carbocycles. The highest BCUT2D eigenvalue weighted by atomic mass is 19.1. The van der Waals surface area contributed by atoms with Gasteiger partial charge in [-0.1, -0.05) is 24.3 Å². The minimum Gasteiger partial charge on any atom is -0.380 e. The van der Waals surface area contributed by atoms with Crippen LogP contribution >= 0.6 is 0 Å². The van der Waals surface area contributed by atoms with Gasteiger partial charge in [0.05, 0.1) is 24.9 Å². The molecule has 0 radical (unpaired) electrons. The van der Waals surface area contributed by atoms with E-state index in [2.05, 4.69) is 30.0 Å². The van der Waals surface area contributed by atoms with E-state index in [0.717, 1.165) is 63.4 Å². The van der Waals surface area contributed by atoms with E-state index in [1.165, 1.54) is 11.1 Å². The van der Waals surface area contributed by atoms with Crippen LogP contribution in [-0.2, 0) is 11.2 Å². The lowest BCUT2D eigenvalue weighted by molar-refractivity contribution is -0.0985. The second kappa shape index (κ2) is 8.86. The summed E-state index contributed by atoms with van der Waals surface area (Å²) in [6.45, 7) is 6.18. The minimum atomic E-state index is -0.295. The fourth-order valence-electron chi connectivity index (χ4n) is 6.80. The van der Waals surface area contributed by atoms with E-state index in [-0.39, 0.29) is 23.2 Å². The molecule has 2 aromatic heterocycles. The summed E-state index contributed by atoms with van der Waals surface area (Å²) in [7, 11) is 0. The molecule has 2 saturated heterocycles. The number of benzene rings is 2. The third kappa shape index (κ3) is 3.84. The summed E-state index contributed by atoms with van der Waals surface area (Å²) in [5, 5.41) is 4.79. The van der Waals surface area contributed by atoms with Crippen molar-refractivity contribution in [1.29, 1.82) is 0 Å². The zero-order chi connectivity index (χ0) is 27.0. The first-order valence-corrected chi connectivity index (χ1v) is 14.4. The van der Waals surface area contributed by atoms with Gasteiger partial charge in [-0.15, -0.1) is 0 Å². The standard InChI is InChI=1S/C32H32FN5O2/c1-20-24-5-3-2-4-21(24)10-12-37(20)31(39)28-15-29(22-6-7-22)38-30(34-28)16-27(35-38)25-9-8-23(14-26(25)33)36-13-11-32(17-36)18-40-19-32/h2-5,8-9,14-16,20,22H,6-7,10-13,17-19H2,1H3/t20-/m1/s1. The molecule has 0 bridgehead atoms. The number of aromatic nitrogens is 3. The van der Waals surface area contributed by atoms with Gasteiger partial charge in [-0.2, -0.15) is 5.10 Å². The Morgan fingerprint density at radius 1 is 1.07 bits per heavy atom. The summed E-state index contributed by atoms with van der Waals surface area (Å²) >= 11 is 0. The highest BCUT2D eigenvalue weighted by Gasteiger charge is 2.44. The Labute approximate surface area is 232 Å². The average molecular weight is 538 g/mol. The van der Waals surface area contributed by atoms with Crippen LogP contribution in [0.25, 0.3) is 16.9 Å². The van der Waals surface area contributed by atoms with Crippen molar-refractivity contribution in [2.24, 2.45) is 5.41 Å². The lowest BCUT2D eigenvalue weighted by Gasteiger charge is -2.37. The van der Waals surface area contributed by atoms with E-state index in [9.17, 15) is 4.79 Å². The first-order valence-electron chi connectivity index (χ1n) is 14.4. The Morgan fingerprint density at radius 2 is 1.93 bits per heavy atom. The maximum absolute atomic E-state index is 15.5. The van der Waals surface area contributed by atoms with Crippen LogP contribution in [0, 0.1) is 11.2 Å². The predicted molar refractivity (Wildman–Crippen MR) is 150 cm³/mol. The number of amides is 1. The fraction of sp³-hybridized carbons (Fsp3) is 0.406. The van der Waals surface area contributed by atoms with Crippen LogP contribution in [0.3, 0.4) is 0 Å². The van der Waals surface area contributed by atoms with Gasteiger partial charge in [-0.3, -0.25) is 4.79 Å². The molecule has 204 valence electrons. The Morgan fingerprint density at radius 3 is 2.67 bits per heavy atom. The van der Waals surface area contributed by atoms with Crippen molar-refractivity contribution in [3.05, 3.63) is 82.9 Å². The van der Waals surface area contributed by atoms with Gasteiger partial charge in [-0.25, -0.2) is 13.9 Å². The largest absolute Gasteiger partial charge is 0.380 e. The summed E-state index contributed by atoms with van der Waals surface area (Å²) in [5.74, 6) is -0.0174. The lowest BCUT2D eigenvalue weighted by Crippen LogP contribution is -2.44. The van der Waals surface area contributed by atoms with Crippen molar-refractivity contribution in [3.63, 3.8) is 0 Å². The molecule has 0 N–H and O–H groups in total. The van der Waals surface area contributed by atoms with Gasteiger partial charge in [0.1, 0.15) is 11.5 Å². The number of halogens is 1. The third-order valence-corrected chi connectivity index (χ3v) is 9.37. The van der Waals surface area contributed by atoms with Crippen molar-refractivity contribution in [1.82, 2.24) is 19.5 Å². The molecule has 7 nitrogen and oxygen atoms in total. The topological polar surface area (TPSA) is 63.0 Å². The number of rotatable bonds is 4. The molecule has 8 heteroatoms. The second-order valence-corrected chi connectivity index (χ2v) is 12.1. The molecular weight excluding hydrogens is 505 g/mol. The van der Waals surface area contributed by atoms with Gasteiger partial charge < -0.3 is 14.5 Å². The molecule has 1 amide bonds. The monoisotopic (exact) mass is 537 g/mol. The van der Waals surface area contributed by atoms with E-state index in [1.807, 2.05) is 39.7 Å². The van der Waals surface area contributed by atoms with Crippen LogP contribution in [0.15, 0.2) is 54.6 Å². The van der Waals surface area contributed by atoms with Crippen molar-refractivity contribution < 1.29 is 13.9 Å². The molecule has 3 aliphatic heterocycles. The predicted octanol–water partition coefficient (Wildman–Crippen LogP) is 5.40. The maximum atomic E-state index is 15.5. The Bertz CT molecular complexity index is 1660. The number of carbonyl (C=O) groups excluding carboxylic acids is 1. The van der Waals surface area contributed by atoms with Gasteiger partial charge in [0.25, 0.3) is 5.91 Å². The van der Waals surface area contributed by atoms with Crippen LogP contribution in [0.5, 0.6) is 0 Å². The number of ether oxygens (including phenoxy) is 1. The smallest absolute Gasteiger partial charge is 0.273 e. The van der Waals surface area contributed by atoms with E-state index in [4.69, 9.17) is 14.8 Å². The van der Waals surface area contributed by atoms with Gasteiger partial charge in [0, 0.05) is 54.0 Å². The quantitative estimate of drug-likeness (QED) is 0.349. The number of carbonyl (C=O) groups is 1. The molecule has 1 aliphatic carbocycles. The highest BCUT2D eigenvalue weighted by molar-refractivity contribution is 5.93. The molecule has 3 fully saturated rings. The molecule has 8 rings (SSSR count). The fourth-order valence-corrected chi connectivity index (χ4v) is 6.80. The molecule has 5 heterocycles. The highest BCUT2D eigenvalue weighted by Crippen LogP contribution is 2.42. The van der Waals surface area contributed by atoms with E-state index >= 15 is 4.39 Å². The summed E-state index contributed by atoms with van der Waals surface area (Å²) in [5.41, 5.74) is 6.62. The molecule has 40 heavy (non-hydrogen) atoms. The van der Waals surface area contributed by atoms with Crippen LogP contribution in [0.1, 0.15) is 65.5 Å². The molecular formula is C32H32FN5O2. The van der Waals surface area contributed by atoms with Crippen molar-refractivity contribution in [2.45, 2.75) is 44.6 Å². The first kappa shape index (κ1) is 24.1. The lowest BCUT2D eigenvalue weighted by atomic mass is 9.85. The molecule has 4 aliphatic rings. The Kier molecular flexibility index (Phi) is 5.33. The Balaban J connectivity index is 1.12. The van der Waals surface area contributed by atoms with Gasteiger partial charge in [0.15, 0.2) is 5.65 Å². The zero-order valence-corrected chi connectivity index (χ0v) is 22.6. The first-order chi connectivity index (χ1) is 19.5. The van der Waals surface area contributed by atoms with Gasteiger partial charge in [0.2, 0.25) is 0 Å². The van der Waals surface area contributed by atoms with E-state index < -0.39 is 0 Å². The average Bonchev–Trinajstić information content (AvgIpc) is 3.53.